The van der Waals surface area contributed by atoms with E-state index in [2.05, 4.69) is 20.0 Å². The van der Waals surface area contributed by atoms with Crippen LogP contribution in [-0.4, -0.2) is 7.85 Å². The summed E-state index contributed by atoms with van der Waals surface area (Å²) in [6.07, 6.45) is 10.0. The Balaban J connectivity index is 0.000000222. The van der Waals surface area contributed by atoms with Gasteiger partial charge in [-0.15, -0.1) is 0 Å². The van der Waals surface area contributed by atoms with Crippen LogP contribution in [0.15, 0.2) is 12.2 Å². The summed E-state index contributed by atoms with van der Waals surface area (Å²) in [4.78, 5) is 0. The molecule has 0 unspecified atom stereocenters. The zero-order chi connectivity index (χ0) is 6.24. The van der Waals surface area contributed by atoms with E-state index >= 15 is 0 Å². The van der Waals surface area contributed by atoms with E-state index in [1.807, 2.05) is 0 Å². The van der Waals surface area contributed by atoms with Crippen LogP contribution < -0.4 is 0 Å². The summed E-state index contributed by atoms with van der Waals surface area (Å²) in [7, 11) is 4.50. The van der Waals surface area contributed by atoms with Crippen molar-refractivity contribution in [3.63, 3.8) is 0 Å². The second-order valence-corrected chi connectivity index (χ2v) is 1.76. The summed E-state index contributed by atoms with van der Waals surface area (Å²) in [5, 5.41) is 0. The summed E-state index contributed by atoms with van der Waals surface area (Å²) in [6.45, 7) is 1.50. The molecule has 0 saturated heterocycles. The predicted octanol–water partition coefficient (Wildman–Crippen LogP) is 2.32. The van der Waals surface area contributed by atoms with E-state index in [1.54, 1.807) is 0 Å². The van der Waals surface area contributed by atoms with Crippen molar-refractivity contribution in [2.24, 2.45) is 0 Å². The van der Waals surface area contributed by atoms with Crippen LogP contribution in [0.25, 0.3) is 0 Å². The van der Waals surface area contributed by atoms with Gasteiger partial charge in [0.1, 0.15) is 0 Å². The third-order valence-corrected chi connectivity index (χ3v) is 1.16. The summed E-state index contributed by atoms with van der Waals surface area (Å²) >= 11 is 0. The van der Waals surface area contributed by atoms with Gasteiger partial charge in [0.05, 0.1) is 7.85 Å². The average molecular weight is 108 g/mol. The first-order valence-corrected chi connectivity index (χ1v) is 3.23. The van der Waals surface area contributed by atoms with E-state index in [1.165, 1.54) is 32.5 Å². The van der Waals surface area contributed by atoms with Crippen LogP contribution in [0.5, 0.6) is 0 Å². The molecular formula is C7H13B. The van der Waals surface area contributed by atoms with E-state index in [-0.39, 0.29) is 0 Å². The SMILES string of the molecule is C1=CCCCC1.[B]C. The molecule has 0 saturated carbocycles. The first-order valence-electron chi connectivity index (χ1n) is 3.23. The topological polar surface area (TPSA) is 0 Å². The molecule has 1 aliphatic carbocycles. The van der Waals surface area contributed by atoms with Crippen molar-refractivity contribution in [1.82, 2.24) is 0 Å². The Bertz CT molecular complexity index is 49.4. The normalized spacial score (nSPS) is 16.6. The first kappa shape index (κ1) is 7.80. The highest BCUT2D eigenvalue weighted by Crippen LogP contribution is 2.07. The van der Waals surface area contributed by atoms with Gasteiger partial charge in [0.2, 0.25) is 0 Å². The maximum Gasteiger partial charge on any atom is 0.0606 e. The highest BCUT2D eigenvalue weighted by atomic mass is 13.9. The van der Waals surface area contributed by atoms with Crippen LogP contribution in [0.3, 0.4) is 0 Å². The molecule has 0 aliphatic heterocycles. The minimum absolute atomic E-state index is 1.32. The van der Waals surface area contributed by atoms with Crippen LogP contribution in [0.1, 0.15) is 25.7 Å². The molecule has 0 N–H and O–H groups in total. The van der Waals surface area contributed by atoms with Crippen LogP contribution in [0, 0.1) is 0 Å². The van der Waals surface area contributed by atoms with E-state index in [9.17, 15) is 0 Å². The fourth-order valence-electron chi connectivity index (χ4n) is 0.760. The molecule has 1 heteroatoms. The quantitative estimate of drug-likeness (QED) is 0.330. The van der Waals surface area contributed by atoms with Crippen LogP contribution in [0.4, 0.5) is 0 Å². The average Bonchev–Trinajstić information content (AvgIpc) is 1.96. The molecule has 44 valence electrons. The molecule has 0 heterocycles. The lowest BCUT2D eigenvalue weighted by molar-refractivity contribution is 0.730. The smallest absolute Gasteiger partial charge is 0.0606 e. The monoisotopic (exact) mass is 108 g/mol. The highest BCUT2D eigenvalue weighted by Gasteiger charge is 1.87. The second kappa shape index (κ2) is 6.80. The Morgan fingerprint density at radius 3 is 1.50 bits per heavy atom. The highest BCUT2D eigenvalue weighted by molar-refractivity contribution is 6.05. The zero-order valence-electron chi connectivity index (χ0n) is 5.56. The van der Waals surface area contributed by atoms with Crippen LogP contribution in [-0.2, 0) is 0 Å². The van der Waals surface area contributed by atoms with Crippen LogP contribution >= 0.6 is 0 Å². The Kier molecular flexibility index (Phi) is 6.64. The standard InChI is InChI=1S/C6H10.CH3B/c1-2-4-6-5-3-1;1-2/h1-2H,3-6H2;1H3. The van der Waals surface area contributed by atoms with Gasteiger partial charge in [-0.3, -0.25) is 0 Å². The molecule has 0 aromatic heterocycles. The molecule has 0 aromatic carbocycles. The summed E-state index contributed by atoms with van der Waals surface area (Å²) < 4.78 is 0. The van der Waals surface area contributed by atoms with Crippen molar-refractivity contribution in [2.45, 2.75) is 32.5 Å². The van der Waals surface area contributed by atoms with Gasteiger partial charge in [0.15, 0.2) is 0 Å². The van der Waals surface area contributed by atoms with Gasteiger partial charge >= 0.3 is 0 Å². The predicted molar refractivity (Wildman–Crippen MR) is 39.2 cm³/mol. The van der Waals surface area contributed by atoms with E-state index < -0.39 is 0 Å². The Morgan fingerprint density at radius 2 is 1.38 bits per heavy atom. The molecule has 0 spiro atoms. The lowest BCUT2D eigenvalue weighted by Gasteiger charge is -1.97. The third-order valence-electron chi connectivity index (χ3n) is 1.16. The van der Waals surface area contributed by atoms with Crippen LogP contribution in [0.2, 0.25) is 6.82 Å². The molecule has 0 nitrogen and oxygen atoms in total. The zero-order valence-corrected chi connectivity index (χ0v) is 5.56. The van der Waals surface area contributed by atoms with Crippen molar-refractivity contribution in [2.75, 3.05) is 0 Å². The molecule has 0 fully saturated rings. The molecule has 0 aromatic rings. The molecule has 8 heavy (non-hydrogen) atoms. The van der Waals surface area contributed by atoms with Crippen molar-refractivity contribution < 1.29 is 0 Å². The van der Waals surface area contributed by atoms with Gasteiger partial charge in [0.25, 0.3) is 0 Å². The van der Waals surface area contributed by atoms with Gasteiger partial charge in [-0.1, -0.05) is 19.0 Å². The summed E-state index contributed by atoms with van der Waals surface area (Å²) in [5.41, 5.74) is 0. The van der Waals surface area contributed by atoms with Crippen molar-refractivity contribution in [3.05, 3.63) is 12.2 Å². The summed E-state index contributed by atoms with van der Waals surface area (Å²) in [5.74, 6) is 0. The van der Waals surface area contributed by atoms with Gasteiger partial charge < -0.3 is 0 Å². The number of hydrogen-bond donors (Lipinski definition) is 0. The van der Waals surface area contributed by atoms with Crippen molar-refractivity contribution in [1.29, 1.82) is 0 Å². The Labute approximate surface area is 53.4 Å². The molecule has 2 radical (unpaired) electrons. The molecule has 1 aliphatic rings. The molecular weight excluding hydrogens is 94.9 g/mol. The summed E-state index contributed by atoms with van der Waals surface area (Å²) in [6, 6.07) is 0. The van der Waals surface area contributed by atoms with Gasteiger partial charge in [-0.25, -0.2) is 0 Å². The van der Waals surface area contributed by atoms with Gasteiger partial charge in [-0.2, -0.15) is 0 Å². The minimum atomic E-state index is 1.32. The number of hydrogen-bond acceptors (Lipinski definition) is 0. The fourth-order valence-corrected chi connectivity index (χ4v) is 0.760. The van der Waals surface area contributed by atoms with E-state index in [0.29, 0.717) is 0 Å². The maximum atomic E-state index is 4.50. The fraction of sp³-hybridized carbons (Fsp3) is 0.714. The molecule has 1 rings (SSSR count). The minimum Gasteiger partial charge on any atom is -0.0999 e. The molecule has 0 bridgehead atoms. The molecule has 0 amide bonds. The Hall–Kier alpha value is -0.195. The second-order valence-electron chi connectivity index (χ2n) is 1.76. The van der Waals surface area contributed by atoms with Gasteiger partial charge in [-0.05, 0) is 25.7 Å². The number of allylic oxidation sites excluding steroid dienone is 2. The first-order chi connectivity index (χ1) is 4.00. The van der Waals surface area contributed by atoms with Crippen molar-refractivity contribution in [3.8, 4) is 0 Å². The van der Waals surface area contributed by atoms with E-state index in [0.717, 1.165) is 0 Å². The number of rotatable bonds is 0. The lowest BCUT2D eigenvalue weighted by atomic mass is 10.1. The van der Waals surface area contributed by atoms with Gasteiger partial charge in [0, 0.05) is 0 Å². The third kappa shape index (κ3) is 3.98. The molecule has 0 atom stereocenters. The largest absolute Gasteiger partial charge is 0.0999 e. The van der Waals surface area contributed by atoms with Crippen molar-refractivity contribution >= 4 is 7.85 Å². The Morgan fingerprint density at radius 1 is 1.00 bits per heavy atom. The lowest BCUT2D eigenvalue weighted by Crippen LogP contribution is -1.77. The van der Waals surface area contributed by atoms with E-state index in [4.69, 9.17) is 0 Å². The maximum absolute atomic E-state index is 4.50.